The van der Waals surface area contributed by atoms with Crippen LogP contribution in [0.4, 0.5) is 11.4 Å². The van der Waals surface area contributed by atoms with Crippen LogP contribution in [0.25, 0.3) is 0 Å². The van der Waals surface area contributed by atoms with Crippen LogP contribution >= 0.6 is 11.6 Å². The Morgan fingerprint density at radius 1 is 1.20 bits per heavy atom. The zero-order chi connectivity index (χ0) is 18.4. The number of ether oxygens (including phenoxy) is 1. The predicted molar refractivity (Wildman–Crippen MR) is 100 cm³/mol. The lowest BCUT2D eigenvalue weighted by atomic mass is 10.2. The molecule has 2 aromatic rings. The summed E-state index contributed by atoms with van der Waals surface area (Å²) in [5.41, 5.74) is 2.08. The van der Waals surface area contributed by atoms with Crippen molar-refractivity contribution in [2.45, 2.75) is 20.8 Å². The molecule has 132 valence electrons. The van der Waals surface area contributed by atoms with Crippen LogP contribution in [0.2, 0.25) is 5.02 Å². The van der Waals surface area contributed by atoms with Crippen LogP contribution in [0.1, 0.15) is 19.4 Å². The van der Waals surface area contributed by atoms with Crippen molar-refractivity contribution in [1.29, 1.82) is 0 Å². The van der Waals surface area contributed by atoms with Gasteiger partial charge in [-0.1, -0.05) is 29.8 Å². The number of rotatable bonds is 6. The van der Waals surface area contributed by atoms with Gasteiger partial charge in [-0.3, -0.25) is 14.5 Å². The van der Waals surface area contributed by atoms with E-state index < -0.39 is 0 Å². The number of para-hydroxylation sites is 2. The third-order valence-corrected chi connectivity index (χ3v) is 3.85. The predicted octanol–water partition coefficient (Wildman–Crippen LogP) is 4.04. The maximum absolute atomic E-state index is 12.4. The Morgan fingerprint density at radius 3 is 2.60 bits per heavy atom. The van der Waals surface area contributed by atoms with E-state index >= 15 is 0 Å². The molecule has 0 bridgehead atoms. The zero-order valence-corrected chi connectivity index (χ0v) is 15.3. The highest BCUT2D eigenvalue weighted by Crippen LogP contribution is 2.28. The highest BCUT2D eigenvalue weighted by molar-refractivity contribution is 6.31. The van der Waals surface area contributed by atoms with Gasteiger partial charge in [-0.15, -0.1) is 0 Å². The molecule has 0 saturated carbocycles. The van der Waals surface area contributed by atoms with Crippen LogP contribution in [-0.4, -0.2) is 25.0 Å². The van der Waals surface area contributed by atoms with Gasteiger partial charge in [0.15, 0.2) is 0 Å². The number of carbonyl (C=O) groups excluding carboxylic acids is 2. The van der Waals surface area contributed by atoms with Crippen LogP contribution in [-0.2, 0) is 9.59 Å². The summed E-state index contributed by atoms with van der Waals surface area (Å²) in [6.07, 6.45) is 0. The largest absolute Gasteiger partial charge is 0.492 e. The molecule has 5 nitrogen and oxygen atoms in total. The molecule has 0 saturated heterocycles. The highest BCUT2D eigenvalue weighted by atomic mass is 35.5. The number of amides is 2. The van der Waals surface area contributed by atoms with Gasteiger partial charge in [0.1, 0.15) is 12.3 Å². The van der Waals surface area contributed by atoms with Crippen LogP contribution in [0.3, 0.4) is 0 Å². The summed E-state index contributed by atoms with van der Waals surface area (Å²) in [4.78, 5) is 25.9. The Bertz CT molecular complexity index is 777. The van der Waals surface area contributed by atoms with Crippen molar-refractivity contribution >= 4 is 34.8 Å². The number of anilines is 2. The fourth-order valence-electron chi connectivity index (χ4n) is 2.39. The molecule has 0 aliphatic rings. The van der Waals surface area contributed by atoms with Gasteiger partial charge in [0, 0.05) is 17.6 Å². The molecule has 0 unspecified atom stereocenters. The molecule has 2 rings (SSSR count). The van der Waals surface area contributed by atoms with Crippen LogP contribution < -0.4 is 15.0 Å². The second-order valence-corrected chi connectivity index (χ2v) is 5.95. The van der Waals surface area contributed by atoms with E-state index in [4.69, 9.17) is 16.3 Å². The molecular formula is C19H21ClN2O3. The summed E-state index contributed by atoms with van der Waals surface area (Å²) in [6, 6.07) is 12.4. The van der Waals surface area contributed by atoms with E-state index in [0.717, 1.165) is 5.56 Å². The number of hydrogen-bond donors (Lipinski definition) is 1. The van der Waals surface area contributed by atoms with E-state index in [0.29, 0.717) is 28.8 Å². The molecule has 25 heavy (non-hydrogen) atoms. The minimum absolute atomic E-state index is 0.120. The van der Waals surface area contributed by atoms with Crippen molar-refractivity contribution in [2.24, 2.45) is 0 Å². The number of benzene rings is 2. The molecular weight excluding hydrogens is 340 g/mol. The van der Waals surface area contributed by atoms with Gasteiger partial charge in [0.25, 0.3) is 0 Å². The summed E-state index contributed by atoms with van der Waals surface area (Å²) < 4.78 is 5.56. The molecule has 1 N–H and O–H groups in total. The number of carbonyl (C=O) groups is 2. The second kappa shape index (κ2) is 8.53. The van der Waals surface area contributed by atoms with Gasteiger partial charge in [0.05, 0.1) is 12.3 Å². The third kappa shape index (κ3) is 4.97. The van der Waals surface area contributed by atoms with Gasteiger partial charge >= 0.3 is 0 Å². The van der Waals surface area contributed by atoms with E-state index in [2.05, 4.69) is 5.32 Å². The minimum Gasteiger partial charge on any atom is -0.492 e. The van der Waals surface area contributed by atoms with E-state index in [1.807, 2.05) is 26.0 Å². The van der Waals surface area contributed by atoms with Crippen molar-refractivity contribution in [3.63, 3.8) is 0 Å². The van der Waals surface area contributed by atoms with Gasteiger partial charge < -0.3 is 10.1 Å². The second-order valence-electron chi connectivity index (χ2n) is 5.51. The lowest BCUT2D eigenvalue weighted by molar-refractivity contribution is -0.120. The smallest absolute Gasteiger partial charge is 0.244 e. The first-order chi connectivity index (χ1) is 11.9. The Kier molecular flexibility index (Phi) is 6.42. The molecule has 0 spiro atoms. The summed E-state index contributed by atoms with van der Waals surface area (Å²) in [6.45, 7) is 5.51. The van der Waals surface area contributed by atoms with Crippen molar-refractivity contribution in [1.82, 2.24) is 0 Å². The topological polar surface area (TPSA) is 58.6 Å². The van der Waals surface area contributed by atoms with Crippen LogP contribution in [0.15, 0.2) is 42.5 Å². The highest BCUT2D eigenvalue weighted by Gasteiger charge is 2.19. The lowest BCUT2D eigenvalue weighted by Gasteiger charge is -2.23. The Morgan fingerprint density at radius 2 is 1.92 bits per heavy atom. The van der Waals surface area contributed by atoms with Gasteiger partial charge in [-0.25, -0.2) is 0 Å². The minimum atomic E-state index is -0.313. The molecule has 0 aromatic heterocycles. The molecule has 0 fully saturated rings. The number of aryl methyl sites for hydroxylation is 1. The summed E-state index contributed by atoms with van der Waals surface area (Å²) in [5, 5.41) is 3.33. The van der Waals surface area contributed by atoms with Crippen molar-refractivity contribution in [3.05, 3.63) is 53.1 Å². The average molecular weight is 361 g/mol. The molecule has 6 heteroatoms. The SMILES string of the molecule is CCOc1ccccc1N(CC(=O)Nc1cc(Cl)ccc1C)C(C)=O. The number of nitrogens with one attached hydrogen (secondary N) is 1. The molecule has 0 heterocycles. The van der Waals surface area contributed by atoms with Crippen molar-refractivity contribution in [2.75, 3.05) is 23.4 Å². The number of halogens is 1. The molecule has 0 atom stereocenters. The Labute approximate surface area is 152 Å². The monoisotopic (exact) mass is 360 g/mol. The standard InChI is InChI=1S/C19H21ClN2O3/c1-4-25-18-8-6-5-7-17(18)22(14(3)23)12-19(24)21-16-11-15(20)10-9-13(16)2/h5-11H,4,12H2,1-3H3,(H,21,24). The summed E-state index contributed by atoms with van der Waals surface area (Å²) in [7, 11) is 0. The first kappa shape index (κ1) is 18.8. The number of nitrogens with zero attached hydrogens (tertiary/aromatic N) is 1. The number of hydrogen-bond acceptors (Lipinski definition) is 3. The van der Waals surface area contributed by atoms with E-state index in [-0.39, 0.29) is 18.4 Å². The molecule has 0 aliphatic heterocycles. The summed E-state index contributed by atoms with van der Waals surface area (Å²) >= 11 is 5.98. The quantitative estimate of drug-likeness (QED) is 0.845. The van der Waals surface area contributed by atoms with E-state index in [1.54, 1.807) is 30.3 Å². The first-order valence-electron chi connectivity index (χ1n) is 7.98. The van der Waals surface area contributed by atoms with Crippen molar-refractivity contribution < 1.29 is 14.3 Å². The van der Waals surface area contributed by atoms with Crippen molar-refractivity contribution in [3.8, 4) is 5.75 Å². The molecule has 2 aromatic carbocycles. The normalized spacial score (nSPS) is 10.2. The third-order valence-electron chi connectivity index (χ3n) is 3.61. The van der Waals surface area contributed by atoms with Crippen LogP contribution in [0, 0.1) is 6.92 Å². The van der Waals surface area contributed by atoms with Crippen LogP contribution in [0.5, 0.6) is 5.75 Å². The Hall–Kier alpha value is -2.53. The van der Waals surface area contributed by atoms with Gasteiger partial charge in [-0.2, -0.15) is 0 Å². The fourth-order valence-corrected chi connectivity index (χ4v) is 2.56. The van der Waals surface area contributed by atoms with E-state index in [1.165, 1.54) is 11.8 Å². The first-order valence-corrected chi connectivity index (χ1v) is 8.36. The molecule has 2 amide bonds. The molecule has 0 radical (unpaired) electrons. The maximum atomic E-state index is 12.4. The Balaban J connectivity index is 2.21. The molecule has 0 aliphatic carbocycles. The van der Waals surface area contributed by atoms with Gasteiger partial charge in [0.2, 0.25) is 11.8 Å². The maximum Gasteiger partial charge on any atom is 0.244 e. The van der Waals surface area contributed by atoms with Gasteiger partial charge in [-0.05, 0) is 43.7 Å². The summed E-state index contributed by atoms with van der Waals surface area (Å²) in [5.74, 6) is 0.00363. The fraction of sp³-hybridized carbons (Fsp3) is 0.263. The average Bonchev–Trinajstić information content (AvgIpc) is 2.57. The lowest BCUT2D eigenvalue weighted by Crippen LogP contribution is -2.37. The van der Waals surface area contributed by atoms with E-state index in [9.17, 15) is 9.59 Å². The zero-order valence-electron chi connectivity index (χ0n) is 14.5.